The van der Waals surface area contributed by atoms with Crippen molar-refractivity contribution >= 4 is 5.97 Å². The highest BCUT2D eigenvalue weighted by Crippen LogP contribution is 2.39. The van der Waals surface area contributed by atoms with Gasteiger partial charge in [0.25, 0.3) is 0 Å². The van der Waals surface area contributed by atoms with E-state index < -0.39 is 0 Å². The molecule has 0 radical (unpaired) electrons. The summed E-state index contributed by atoms with van der Waals surface area (Å²) in [5, 5.41) is 0. The molecule has 0 heterocycles. The van der Waals surface area contributed by atoms with E-state index in [0.717, 1.165) is 12.8 Å². The van der Waals surface area contributed by atoms with Crippen molar-refractivity contribution in [1.29, 1.82) is 0 Å². The van der Waals surface area contributed by atoms with E-state index in [-0.39, 0.29) is 12.1 Å². The first-order valence-corrected chi connectivity index (χ1v) is 5.76. The van der Waals surface area contributed by atoms with Gasteiger partial charge in [0.2, 0.25) is 0 Å². The molecule has 15 heavy (non-hydrogen) atoms. The lowest BCUT2D eigenvalue weighted by Crippen LogP contribution is -2.33. The zero-order chi connectivity index (χ0) is 11.5. The topological polar surface area (TPSA) is 26.3 Å². The summed E-state index contributed by atoms with van der Waals surface area (Å²) in [6.07, 6.45) is 6.54. The molecule has 2 heteroatoms. The first-order valence-electron chi connectivity index (χ1n) is 5.76. The van der Waals surface area contributed by atoms with Crippen molar-refractivity contribution < 1.29 is 9.53 Å². The van der Waals surface area contributed by atoms with Crippen molar-refractivity contribution in [2.45, 2.75) is 53.1 Å². The van der Waals surface area contributed by atoms with Gasteiger partial charge in [-0.25, -0.2) is 4.79 Å². The molecule has 1 saturated carbocycles. The molecule has 0 unspecified atom stereocenters. The highest BCUT2D eigenvalue weighted by molar-refractivity contribution is 5.81. The number of hydrogen-bond acceptors (Lipinski definition) is 2. The average molecular weight is 210 g/mol. The van der Waals surface area contributed by atoms with E-state index in [2.05, 4.69) is 20.8 Å². The van der Waals surface area contributed by atoms with Crippen LogP contribution in [0.3, 0.4) is 0 Å². The fourth-order valence-electron chi connectivity index (χ4n) is 2.69. The van der Waals surface area contributed by atoms with Crippen molar-refractivity contribution in [2.75, 3.05) is 0 Å². The van der Waals surface area contributed by atoms with Gasteiger partial charge < -0.3 is 4.74 Å². The highest BCUT2D eigenvalue weighted by atomic mass is 16.5. The fraction of sp³-hybridized carbons (Fsp3) is 0.769. The molecule has 1 aliphatic carbocycles. The molecule has 1 fully saturated rings. The first-order chi connectivity index (χ1) is 6.93. The maximum absolute atomic E-state index is 11.3. The predicted molar refractivity (Wildman–Crippen MR) is 61.5 cm³/mol. The summed E-state index contributed by atoms with van der Waals surface area (Å²) < 4.78 is 5.41. The molecule has 0 saturated heterocycles. The summed E-state index contributed by atoms with van der Waals surface area (Å²) in [6.45, 7) is 8.56. The third-order valence-electron chi connectivity index (χ3n) is 2.93. The number of carbonyl (C=O) groups is 1. The van der Waals surface area contributed by atoms with Crippen LogP contribution in [0.2, 0.25) is 0 Å². The van der Waals surface area contributed by atoms with Crippen LogP contribution in [0.1, 0.15) is 47.0 Å². The molecule has 0 aromatic carbocycles. The highest BCUT2D eigenvalue weighted by Gasteiger charge is 2.33. The van der Waals surface area contributed by atoms with Crippen LogP contribution in [0.15, 0.2) is 12.2 Å². The van der Waals surface area contributed by atoms with Crippen molar-refractivity contribution in [3.63, 3.8) is 0 Å². The smallest absolute Gasteiger partial charge is 0.330 e. The van der Waals surface area contributed by atoms with Gasteiger partial charge in [-0.3, -0.25) is 0 Å². The third kappa shape index (κ3) is 4.06. The number of esters is 1. The van der Waals surface area contributed by atoms with Crippen molar-refractivity contribution in [1.82, 2.24) is 0 Å². The van der Waals surface area contributed by atoms with Gasteiger partial charge in [0.05, 0.1) is 0 Å². The van der Waals surface area contributed by atoms with Gasteiger partial charge in [0.15, 0.2) is 0 Å². The Labute approximate surface area is 92.7 Å². The van der Waals surface area contributed by atoms with Crippen molar-refractivity contribution in [3.8, 4) is 0 Å². The number of ether oxygens (including phenoxy) is 1. The first kappa shape index (κ1) is 12.3. The molecular formula is C13H22O2. The molecule has 0 amide bonds. The second-order valence-electron chi connectivity index (χ2n) is 5.47. The van der Waals surface area contributed by atoms with Crippen LogP contribution >= 0.6 is 0 Å². The number of rotatable bonds is 2. The monoisotopic (exact) mass is 210 g/mol. The average Bonchev–Trinajstić information content (AvgIpc) is 1.99. The second-order valence-corrected chi connectivity index (χ2v) is 5.47. The SMILES string of the molecule is CC=CC(=O)O[C@H]1C[C@@H](C)CC(C)(C)C1. The summed E-state index contributed by atoms with van der Waals surface area (Å²) in [5.41, 5.74) is 0.304. The van der Waals surface area contributed by atoms with Gasteiger partial charge in [0.1, 0.15) is 6.10 Å². The summed E-state index contributed by atoms with van der Waals surface area (Å²) in [4.78, 5) is 11.3. The zero-order valence-electron chi connectivity index (χ0n) is 10.2. The molecule has 0 N–H and O–H groups in total. The summed E-state index contributed by atoms with van der Waals surface area (Å²) in [7, 11) is 0. The van der Waals surface area contributed by atoms with E-state index in [1.54, 1.807) is 6.08 Å². The van der Waals surface area contributed by atoms with Gasteiger partial charge in [0, 0.05) is 6.08 Å². The normalized spacial score (nSPS) is 30.4. The maximum Gasteiger partial charge on any atom is 0.330 e. The number of carbonyl (C=O) groups excluding carboxylic acids is 1. The lowest BCUT2D eigenvalue weighted by Gasteiger charge is -2.38. The Kier molecular flexibility index (Phi) is 3.95. The van der Waals surface area contributed by atoms with Gasteiger partial charge in [-0.1, -0.05) is 26.8 Å². The van der Waals surface area contributed by atoms with Gasteiger partial charge >= 0.3 is 5.97 Å². The lowest BCUT2D eigenvalue weighted by atomic mass is 9.71. The Morgan fingerprint density at radius 3 is 2.60 bits per heavy atom. The molecule has 2 nitrogen and oxygen atoms in total. The fourth-order valence-corrected chi connectivity index (χ4v) is 2.69. The Bertz CT molecular complexity index is 253. The Morgan fingerprint density at radius 2 is 2.07 bits per heavy atom. The molecule has 0 aromatic rings. The summed E-state index contributed by atoms with van der Waals surface area (Å²) >= 11 is 0. The summed E-state index contributed by atoms with van der Waals surface area (Å²) in [6, 6.07) is 0. The molecule has 1 rings (SSSR count). The Morgan fingerprint density at radius 1 is 1.40 bits per heavy atom. The van der Waals surface area contributed by atoms with Crippen LogP contribution in [-0.4, -0.2) is 12.1 Å². The largest absolute Gasteiger partial charge is 0.459 e. The van der Waals surface area contributed by atoms with Gasteiger partial charge in [-0.05, 0) is 37.5 Å². The van der Waals surface area contributed by atoms with Crippen molar-refractivity contribution in [3.05, 3.63) is 12.2 Å². The second kappa shape index (κ2) is 4.82. The van der Waals surface area contributed by atoms with E-state index in [9.17, 15) is 4.79 Å². The maximum atomic E-state index is 11.3. The molecule has 0 aliphatic heterocycles. The van der Waals surface area contributed by atoms with E-state index in [1.807, 2.05) is 6.92 Å². The number of hydrogen-bond donors (Lipinski definition) is 0. The molecule has 2 atom stereocenters. The van der Waals surface area contributed by atoms with E-state index in [4.69, 9.17) is 4.74 Å². The van der Waals surface area contributed by atoms with Crippen molar-refractivity contribution in [2.24, 2.45) is 11.3 Å². The molecular weight excluding hydrogens is 188 g/mol. The Balaban J connectivity index is 2.52. The minimum atomic E-state index is -0.201. The Hall–Kier alpha value is -0.790. The third-order valence-corrected chi connectivity index (χ3v) is 2.93. The van der Waals surface area contributed by atoms with Crippen LogP contribution in [0.4, 0.5) is 0 Å². The molecule has 86 valence electrons. The zero-order valence-corrected chi connectivity index (χ0v) is 10.2. The quantitative estimate of drug-likeness (QED) is 0.516. The lowest BCUT2D eigenvalue weighted by molar-refractivity contribution is -0.147. The van der Waals surface area contributed by atoms with Crippen LogP contribution in [0.5, 0.6) is 0 Å². The van der Waals surface area contributed by atoms with Crippen LogP contribution in [0.25, 0.3) is 0 Å². The van der Waals surface area contributed by atoms with Gasteiger partial charge in [-0.2, -0.15) is 0 Å². The minimum absolute atomic E-state index is 0.104. The number of allylic oxidation sites excluding steroid dienone is 1. The molecule has 0 aromatic heterocycles. The standard InChI is InChI=1S/C13H22O2/c1-5-6-12(14)15-11-7-10(2)8-13(3,4)9-11/h5-6,10-11H,7-9H2,1-4H3/t10-,11+/m1/s1. The van der Waals surface area contributed by atoms with Crippen LogP contribution in [0, 0.1) is 11.3 Å². The molecule has 1 aliphatic rings. The summed E-state index contributed by atoms with van der Waals surface area (Å²) in [5.74, 6) is 0.449. The molecule has 0 bridgehead atoms. The van der Waals surface area contributed by atoms with E-state index >= 15 is 0 Å². The minimum Gasteiger partial charge on any atom is -0.459 e. The van der Waals surface area contributed by atoms with Gasteiger partial charge in [-0.15, -0.1) is 0 Å². The van der Waals surface area contributed by atoms with E-state index in [0.29, 0.717) is 11.3 Å². The van der Waals surface area contributed by atoms with Crippen LogP contribution < -0.4 is 0 Å². The van der Waals surface area contributed by atoms with E-state index in [1.165, 1.54) is 12.5 Å². The molecule has 0 spiro atoms. The predicted octanol–water partition coefficient (Wildman–Crippen LogP) is 3.32. The van der Waals surface area contributed by atoms with Crippen LogP contribution in [-0.2, 0) is 9.53 Å².